The molecule has 4 nitrogen and oxygen atoms in total. The standard InChI is InChI=1S/C11H19N3OS/c1-3-5-12-11-13-6-4-10(14-11)16-8-9(2)7-15/h4,6,9,15H,3,5,7-8H2,1-2H3,(H,12,13,14). The minimum Gasteiger partial charge on any atom is -0.396 e. The van der Waals surface area contributed by atoms with Crippen molar-refractivity contribution in [2.45, 2.75) is 25.3 Å². The highest BCUT2D eigenvalue weighted by molar-refractivity contribution is 7.99. The van der Waals surface area contributed by atoms with Gasteiger partial charge < -0.3 is 10.4 Å². The quantitative estimate of drug-likeness (QED) is 0.565. The van der Waals surface area contributed by atoms with E-state index in [-0.39, 0.29) is 6.61 Å². The molecule has 0 aliphatic heterocycles. The summed E-state index contributed by atoms with van der Waals surface area (Å²) >= 11 is 1.65. The molecule has 1 heterocycles. The summed E-state index contributed by atoms with van der Waals surface area (Å²) in [4.78, 5) is 8.51. The van der Waals surface area contributed by atoms with Crippen LogP contribution in [0.2, 0.25) is 0 Å². The van der Waals surface area contributed by atoms with E-state index in [1.807, 2.05) is 13.0 Å². The molecule has 0 aliphatic rings. The van der Waals surface area contributed by atoms with Gasteiger partial charge in [0.15, 0.2) is 0 Å². The van der Waals surface area contributed by atoms with Crippen molar-refractivity contribution in [1.82, 2.24) is 9.97 Å². The number of anilines is 1. The average molecular weight is 241 g/mol. The summed E-state index contributed by atoms with van der Waals surface area (Å²) in [6, 6.07) is 1.89. The topological polar surface area (TPSA) is 58.0 Å². The zero-order chi connectivity index (χ0) is 11.8. The van der Waals surface area contributed by atoms with Crippen LogP contribution in [0, 0.1) is 5.92 Å². The molecule has 0 saturated heterocycles. The lowest BCUT2D eigenvalue weighted by molar-refractivity contribution is 0.250. The van der Waals surface area contributed by atoms with Crippen LogP contribution < -0.4 is 5.32 Å². The summed E-state index contributed by atoms with van der Waals surface area (Å²) in [5, 5.41) is 13.0. The summed E-state index contributed by atoms with van der Waals surface area (Å²) in [5.74, 6) is 1.86. The van der Waals surface area contributed by atoms with Crippen LogP contribution in [0.5, 0.6) is 0 Å². The van der Waals surface area contributed by atoms with Gasteiger partial charge in [-0.15, -0.1) is 11.8 Å². The third kappa shape index (κ3) is 4.81. The first-order valence-corrected chi connectivity index (χ1v) is 6.55. The molecule has 0 bridgehead atoms. The second-order valence-corrected chi connectivity index (χ2v) is 4.78. The number of aliphatic hydroxyl groups excluding tert-OH is 1. The van der Waals surface area contributed by atoms with Gasteiger partial charge in [-0.05, 0) is 18.4 Å². The molecule has 0 amide bonds. The van der Waals surface area contributed by atoms with Gasteiger partial charge in [0.25, 0.3) is 0 Å². The SMILES string of the molecule is CCCNc1nccc(SCC(C)CO)n1. The van der Waals surface area contributed by atoms with Gasteiger partial charge in [-0.2, -0.15) is 0 Å². The van der Waals surface area contributed by atoms with Crippen LogP contribution in [0.4, 0.5) is 5.95 Å². The molecule has 1 aromatic rings. The van der Waals surface area contributed by atoms with Crippen molar-refractivity contribution < 1.29 is 5.11 Å². The van der Waals surface area contributed by atoms with Gasteiger partial charge in [0.2, 0.25) is 5.95 Å². The van der Waals surface area contributed by atoms with Crippen molar-refractivity contribution in [2.75, 3.05) is 24.2 Å². The van der Waals surface area contributed by atoms with Gasteiger partial charge >= 0.3 is 0 Å². The molecule has 5 heteroatoms. The van der Waals surface area contributed by atoms with E-state index in [2.05, 4.69) is 22.2 Å². The van der Waals surface area contributed by atoms with Crippen LogP contribution in [0.15, 0.2) is 17.3 Å². The van der Waals surface area contributed by atoms with Crippen LogP contribution in [0.3, 0.4) is 0 Å². The zero-order valence-electron chi connectivity index (χ0n) is 9.81. The summed E-state index contributed by atoms with van der Waals surface area (Å²) in [5.41, 5.74) is 0. The molecule has 0 aromatic carbocycles. The van der Waals surface area contributed by atoms with Crippen LogP contribution >= 0.6 is 11.8 Å². The Balaban J connectivity index is 2.46. The van der Waals surface area contributed by atoms with Crippen LogP contribution in [-0.4, -0.2) is 34.0 Å². The largest absolute Gasteiger partial charge is 0.396 e. The minimum absolute atomic E-state index is 0.221. The van der Waals surface area contributed by atoms with Crippen LogP contribution in [0.25, 0.3) is 0 Å². The molecular weight excluding hydrogens is 222 g/mol. The van der Waals surface area contributed by atoms with Crippen molar-refractivity contribution in [3.05, 3.63) is 12.3 Å². The Morgan fingerprint density at radius 2 is 2.38 bits per heavy atom. The number of nitrogens with zero attached hydrogens (tertiary/aromatic N) is 2. The lowest BCUT2D eigenvalue weighted by Crippen LogP contribution is -2.06. The number of rotatable bonds is 7. The summed E-state index contributed by atoms with van der Waals surface area (Å²) < 4.78 is 0. The molecule has 0 saturated carbocycles. The molecule has 0 radical (unpaired) electrons. The maximum atomic E-state index is 8.93. The highest BCUT2D eigenvalue weighted by atomic mass is 32.2. The molecule has 2 N–H and O–H groups in total. The first kappa shape index (κ1) is 13.3. The smallest absolute Gasteiger partial charge is 0.223 e. The second-order valence-electron chi connectivity index (χ2n) is 3.74. The van der Waals surface area contributed by atoms with Crippen LogP contribution in [-0.2, 0) is 0 Å². The van der Waals surface area contributed by atoms with E-state index < -0.39 is 0 Å². The number of hydrogen-bond donors (Lipinski definition) is 2. The van der Waals surface area contributed by atoms with E-state index in [4.69, 9.17) is 5.11 Å². The molecule has 16 heavy (non-hydrogen) atoms. The van der Waals surface area contributed by atoms with E-state index in [9.17, 15) is 0 Å². The van der Waals surface area contributed by atoms with Crippen molar-refractivity contribution in [1.29, 1.82) is 0 Å². The summed E-state index contributed by atoms with van der Waals surface area (Å²) in [6.07, 6.45) is 2.82. The number of nitrogens with one attached hydrogen (secondary N) is 1. The Kier molecular flexibility index (Phi) is 6.18. The average Bonchev–Trinajstić information content (AvgIpc) is 2.34. The fraction of sp³-hybridized carbons (Fsp3) is 0.636. The second kappa shape index (κ2) is 7.46. The van der Waals surface area contributed by atoms with E-state index in [1.54, 1.807) is 18.0 Å². The van der Waals surface area contributed by atoms with Gasteiger partial charge in [0, 0.05) is 25.1 Å². The minimum atomic E-state index is 0.221. The van der Waals surface area contributed by atoms with Crippen molar-refractivity contribution in [2.24, 2.45) is 5.92 Å². The Morgan fingerprint density at radius 3 is 3.06 bits per heavy atom. The normalized spacial score (nSPS) is 12.4. The molecule has 1 rings (SSSR count). The van der Waals surface area contributed by atoms with E-state index >= 15 is 0 Å². The van der Waals surface area contributed by atoms with Gasteiger partial charge in [-0.25, -0.2) is 9.97 Å². The fourth-order valence-electron chi connectivity index (χ4n) is 1.02. The number of aliphatic hydroxyl groups is 1. The molecule has 1 unspecified atom stereocenters. The van der Waals surface area contributed by atoms with Crippen molar-refractivity contribution >= 4 is 17.7 Å². The lowest BCUT2D eigenvalue weighted by atomic mass is 10.2. The highest BCUT2D eigenvalue weighted by Crippen LogP contribution is 2.18. The Morgan fingerprint density at radius 1 is 1.56 bits per heavy atom. The molecule has 0 fully saturated rings. The first-order chi connectivity index (χ1) is 7.76. The Hall–Kier alpha value is -0.810. The predicted octanol–water partition coefficient (Wildman–Crippen LogP) is 2.02. The fourth-order valence-corrected chi connectivity index (χ4v) is 1.89. The van der Waals surface area contributed by atoms with Gasteiger partial charge in [0.05, 0.1) is 0 Å². The molecule has 1 atom stereocenters. The number of thioether (sulfide) groups is 1. The van der Waals surface area contributed by atoms with E-state index in [1.165, 1.54) is 0 Å². The van der Waals surface area contributed by atoms with E-state index in [0.717, 1.165) is 23.7 Å². The monoisotopic (exact) mass is 241 g/mol. The maximum absolute atomic E-state index is 8.93. The highest BCUT2D eigenvalue weighted by Gasteiger charge is 2.03. The van der Waals surface area contributed by atoms with Crippen LogP contribution in [0.1, 0.15) is 20.3 Å². The summed E-state index contributed by atoms with van der Waals surface area (Å²) in [7, 11) is 0. The van der Waals surface area contributed by atoms with Gasteiger partial charge in [-0.3, -0.25) is 0 Å². The third-order valence-electron chi connectivity index (χ3n) is 1.99. The Bertz CT molecular complexity index is 309. The summed E-state index contributed by atoms with van der Waals surface area (Å²) in [6.45, 7) is 5.24. The van der Waals surface area contributed by atoms with Crippen molar-refractivity contribution in [3.63, 3.8) is 0 Å². The maximum Gasteiger partial charge on any atom is 0.223 e. The molecule has 0 aliphatic carbocycles. The number of aromatic nitrogens is 2. The molecule has 0 spiro atoms. The van der Waals surface area contributed by atoms with E-state index in [0.29, 0.717) is 11.9 Å². The predicted molar refractivity (Wildman–Crippen MR) is 67.8 cm³/mol. The number of hydrogen-bond acceptors (Lipinski definition) is 5. The first-order valence-electron chi connectivity index (χ1n) is 5.56. The molecule has 1 aromatic heterocycles. The zero-order valence-corrected chi connectivity index (χ0v) is 10.6. The van der Waals surface area contributed by atoms with Gasteiger partial charge in [-0.1, -0.05) is 13.8 Å². The lowest BCUT2D eigenvalue weighted by Gasteiger charge is -2.07. The van der Waals surface area contributed by atoms with Crippen molar-refractivity contribution in [3.8, 4) is 0 Å². The molecule has 90 valence electrons. The van der Waals surface area contributed by atoms with Gasteiger partial charge in [0.1, 0.15) is 5.03 Å². The molecular formula is C11H19N3OS. The Labute approximate surface area is 101 Å². The third-order valence-corrected chi connectivity index (χ3v) is 3.25.